The molecular weight excluding hydrogens is 362 g/mol. The van der Waals surface area contributed by atoms with E-state index in [1.165, 1.54) is 37.8 Å². The van der Waals surface area contributed by atoms with Gasteiger partial charge in [0.25, 0.3) is 11.8 Å². The Balaban J connectivity index is 1.33. The van der Waals surface area contributed by atoms with Gasteiger partial charge in [0.15, 0.2) is 0 Å². The minimum absolute atomic E-state index is 0.0582. The Morgan fingerprint density at radius 1 is 0.724 bits per heavy atom. The molecule has 0 radical (unpaired) electrons. The fraction of sp³-hybridized carbons (Fsp3) is 0.417. The predicted molar refractivity (Wildman–Crippen MR) is 117 cm³/mol. The largest absolute Gasteiger partial charge is 0.372 e. The molecule has 1 saturated carbocycles. The predicted octanol–water partition coefficient (Wildman–Crippen LogP) is 4.60. The Morgan fingerprint density at radius 2 is 1.31 bits per heavy atom. The molecule has 2 amide bonds. The number of hydrogen-bond acceptors (Lipinski definition) is 3. The summed E-state index contributed by atoms with van der Waals surface area (Å²) in [7, 11) is 0. The van der Waals surface area contributed by atoms with Crippen molar-refractivity contribution in [3.63, 3.8) is 0 Å². The number of piperidine rings is 1. The first-order valence-electron chi connectivity index (χ1n) is 10.8. The monoisotopic (exact) mass is 391 g/mol. The van der Waals surface area contributed by atoms with E-state index in [2.05, 4.69) is 27.7 Å². The number of amides is 2. The third kappa shape index (κ3) is 4.97. The van der Waals surface area contributed by atoms with Gasteiger partial charge in [-0.1, -0.05) is 12.8 Å². The van der Waals surface area contributed by atoms with Gasteiger partial charge in [0.05, 0.1) is 0 Å². The highest BCUT2D eigenvalue weighted by atomic mass is 16.2. The molecule has 1 aliphatic heterocycles. The minimum atomic E-state index is -0.168. The molecule has 0 bridgehead atoms. The molecule has 2 aromatic carbocycles. The normalized spacial score (nSPS) is 17.2. The van der Waals surface area contributed by atoms with Crippen LogP contribution in [-0.4, -0.2) is 30.9 Å². The molecule has 1 heterocycles. The number of benzene rings is 2. The summed E-state index contributed by atoms with van der Waals surface area (Å²) < 4.78 is 0. The molecule has 1 aliphatic carbocycles. The third-order valence-electron chi connectivity index (χ3n) is 5.95. The second-order valence-corrected chi connectivity index (χ2v) is 8.08. The third-order valence-corrected chi connectivity index (χ3v) is 5.95. The lowest BCUT2D eigenvalue weighted by atomic mass is 10.1. The highest BCUT2D eigenvalue weighted by molar-refractivity contribution is 6.05. The van der Waals surface area contributed by atoms with Crippen LogP contribution in [0.5, 0.6) is 0 Å². The van der Waals surface area contributed by atoms with E-state index in [0.29, 0.717) is 17.2 Å². The zero-order chi connectivity index (χ0) is 20.1. The van der Waals surface area contributed by atoms with Crippen LogP contribution in [0.2, 0.25) is 0 Å². The van der Waals surface area contributed by atoms with E-state index >= 15 is 0 Å². The van der Waals surface area contributed by atoms with Crippen molar-refractivity contribution in [1.82, 2.24) is 5.32 Å². The maximum atomic E-state index is 12.5. The van der Waals surface area contributed by atoms with Gasteiger partial charge < -0.3 is 15.5 Å². The Kier molecular flexibility index (Phi) is 6.13. The second-order valence-electron chi connectivity index (χ2n) is 8.08. The van der Waals surface area contributed by atoms with Crippen molar-refractivity contribution in [1.29, 1.82) is 0 Å². The zero-order valence-corrected chi connectivity index (χ0v) is 16.8. The highest BCUT2D eigenvalue weighted by Crippen LogP contribution is 2.22. The second kappa shape index (κ2) is 9.12. The molecule has 5 nitrogen and oxygen atoms in total. The molecule has 1 saturated heterocycles. The van der Waals surface area contributed by atoms with Gasteiger partial charge in [-0.25, -0.2) is 0 Å². The topological polar surface area (TPSA) is 61.4 Å². The summed E-state index contributed by atoms with van der Waals surface area (Å²) in [5, 5.41) is 6.01. The Bertz CT molecular complexity index is 833. The molecular formula is C24H29N3O2. The molecule has 29 heavy (non-hydrogen) atoms. The van der Waals surface area contributed by atoms with E-state index in [1.54, 1.807) is 24.3 Å². The minimum Gasteiger partial charge on any atom is -0.372 e. The quantitative estimate of drug-likeness (QED) is 0.783. The standard InChI is InChI=1S/C24H29N3O2/c28-23(25-20-6-2-3-7-20)18-8-10-19(11-9-18)24(29)26-21-12-14-22(15-13-21)27-16-4-1-5-17-27/h8-15,20H,1-7,16-17H2,(H,25,28)(H,26,29). The lowest BCUT2D eigenvalue weighted by Crippen LogP contribution is -2.32. The first kappa shape index (κ1) is 19.5. The molecule has 4 rings (SSSR count). The summed E-state index contributed by atoms with van der Waals surface area (Å²) in [4.78, 5) is 27.3. The van der Waals surface area contributed by atoms with Crippen molar-refractivity contribution >= 4 is 23.2 Å². The van der Waals surface area contributed by atoms with Crippen LogP contribution < -0.4 is 15.5 Å². The summed E-state index contributed by atoms with van der Waals surface area (Å²) in [5.74, 6) is -0.226. The molecule has 2 N–H and O–H groups in total. The van der Waals surface area contributed by atoms with Crippen LogP contribution in [0.3, 0.4) is 0 Å². The van der Waals surface area contributed by atoms with Crippen LogP contribution in [0.1, 0.15) is 65.7 Å². The average Bonchev–Trinajstić information content (AvgIpc) is 3.28. The van der Waals surface area contributed by atoms with Crippen molar-refractivity contribution in [3.05, 3.63) is 59.7 Å². The van der Waals surface area contributed by atoms with Crippen molar-refractivity contribution in [2.75, 3.05) is 23.3 Å². The van der Waals surface area contributed by atoms with Gasteiger partial charge >= 0.3 is 0 Å². The van der Waals surface area contributed by atoms with Gasteiger partial charge in [0.1, 0.15) is 0 Å². The summed E-state index contributed by atoms with van der Waals surface area (Å²) >= 11 is 0. The van der Waals surface area contributed by atoms with E-state index in [1.807, 2.05) is 12.1 Å². The fourth-order valence-electron chi connectivity index (χ4n) is 4.22. The maximum absolute atomic E-state index is 12.5. The SMILES string of the molecule is O=C(Nc1ccc(N2CCCCC2)cc1)c1ccc(C(=O)NC2CCCC2)cc1. The summed E-state index contributed by atoms with van der Waals surface area (Å²) in [6, 6.07) is 15.2. The van der Waals surface area contributed by atoms with E-state index in [4.69, 9.17) is 0 Å². The lowest BCUT2D eigenvalue weighted by Gasteiger charge is -2.28. The number of rotatable bonds is 5. The van der Waals surface area contributed by atoms with Crippen LogP contribution >= 0.6 is 0 Å². The van der Waals surface area contributed by atoms with Crippen molar-refractivity contribution in [2.24, 2.45) is 0 Å². The Morgan fingerprint density at radius 3 is 1.93 bits per heavy atom. The van der Waals surface area contributed by atoms with Crippen LogP contribution in [-0.2, 0) is 0 Å². The Labute approximate surface area is 172 Å². The summed E-state index contributed by atoms with van der Waals surface area (Å²) in [6.45, 7) is 2.21. The molecule has 0 aromatic heterocycles. The number of carbonyl (C=O) groups is 2. The van der Waals surface area contributed by atoms with Crippen LogP contribution in [0, 0.1) is 0 Å². The van der Waals surface area contributed by atoms with E-state index in [0.717, 1.165) is 31.6 Å². The van der Waals surface area contributed by atoms with Gasteiger partial charge in [-0.15, -0.1) is 0 Å². The van der Waals surface area contributed by atoms with Crippen molar-refractivity contribution in [3.8, 4) is 0 Å². The van der Waals surface area contributed by atoms with Crippen LogP contribution in [0.15, 0.2) is 48.5 Å². The number of anilines is 2. The van der Waals surface area contributed by atoms with E-state index in [-0.39, 0.29) is 11.8 Å². The van der Waals surface area contributed by atoms with Gasteiger partial charge in [0.2, 0.25) is 0 Å². The number of nitrogens with zero attached hydrogens (tertiary/aromatic N) is 1. The van der Waals surface area contributed by atoms with E-state index in [9.17, 15) is 9.59 Å². The lowest BCUT2D eigenvalue weighted by molar-refractivity contribution is 0.0936. The molecule has 0 atom stereocenters. The van der Waals surface area contributed by atoms with Crippen LogP contribution in [0.4, 0.5) is 11.4 Å². The number of nitrogens with one attached hydrogen (secondary N) is 2. The molecule has 5 heteroatoms. The molecule has 2 aromatic rings. The van der Waals surface area contributed by atoms with Crippen molar-refractivity contribution < 1.29 is 9.59 Å². The van der Waals surface area contributed by atoms with E-state index < -0.39 is 0 Å². The first-order valence-corrected chi connectivity index (χ1v) is 10.8. The van der Waals surface area contributed by atoms with Gasteiger partial charge in [-0.05, 0) is 80.6 Å². The maximum Gasteiger partial charge on any atom is 0.255 e. The highest BCUT2D eigenvalue weighted by Gasteiger charge is 2.18. The number of carbonyl (C=O) groups excluding carboxylic acids is 2. The number of hydrogen-bond donors (Lipinski definition) is 2. The molecule has 2 aliphatic rings. The van der Waals surface area contributed by atoms with Gasteiger partial charge in [-0.2, -0.15) is 0 Å². The Hall–Kier alpha value is -2.82. The molecule has 2 fully saturated rings. The first-order chi connectivity index (χ1) is 14.2. The molecule has 0 spiro atoms. The smallest absolute Gasteiger partial charge is 0.255 e. The van der Waals surface area contributed by atoms with Gasteiger partial charge in [0, 0.05) is 41.6 Å². The van der Waals surface area contributed by atoms with Crippen LogP contribution in [0.25, 0.3) is 0 Å². The zero-order valence-electron chi connectivity index (χ0n) is 16.8. The summed E-state index contributed by atoms with van der Waals surface area (Å²) in [5.41, 5.74) is 3.13. The fourth-order valence-corrected chi connectivity index (χ4v) is 4.22. The summed E-state index contributed by atoms with van der Waals surface area (Å²) in [6.07, 6.45) is 8.28. The van der Waals surface area contributed by atoms with Gasteiger partial charge in [-0.3, -0.25) is 9.59 Å². The molecule has 0 unspecified atom stereocenters. The average molecular weight is 392 g/mol. The van der Waals surface area contributed by atoms with Crippen molar-refractivity contribution in [2.45, 2.75) is 51.0 Å². The molecule has 152 valence electrons.